The van der Waals surface area contributed by atoms with Gasteiger partial charge in [0.05, 0.1) is 29.2 Å². The Hall–Kier alpha value is -4.00. The minimum atomic E-state index is -0.762. The number of aromatic amines is 2. The highest BCUT2D eigenvalue weighted by atomic mass is 19.1. The number of H-pyrrole nitrogens is 2. The summed E-state index contributed by atoms with van der Waals surface area (Å²) in [4.78, 5) is 13.4. The van der Waals surface area contributed by atoms with Crippen LogP contribution >= 0.6 is 0 Å². The average Bonchev–Trinajstić information content (AvgIpc) is 3.35. The van der Waals surface area contributed by atoms with Gasteiger partial charge in [0.2, 0.25) is 0 Å². The number of carbonyl (C=O) groups is 1. The number of allylic oxidation sites excluding steroid dienone is 1. The van der Waals surface area contributed by atoms with Gasteiger partial charge in [-0.15, -0.1) is 0 Å². The summed E-state index contributed by atoms with van der Waals surface area (Å²) in [6, 6.07) is 3.67. The molecule has 0 unspecified atom stereocenters. The Labute approximate surface area is 190 Å². The van der Waals surface area contributed by atoms with E-state index >= 15 is 0 Å². The maximum atomic E-state index is 14.0. The maximum Gasteiger partial charge on any atom is 0.254 e. The number of halogens is 2. The van der Waals surface area contributed by atoms with Gasteiger partial charge < -0.3 is 10.2 Å². The van der Waals surface area contributed by atoms with E-state index in [0.29, 0.717) is 13.1 Å². The topological polar surface area (TPSA) is 113 Å². The fourth-order valence-corrected chi connectivity index (χ4v) is 3.45. The molecule has 0 saturated carbocycles. The van der Waals surface area contributed by atoms with Crippen LogP contribution in [0.5, 0.6) is 0 Å². The van der Waals surface area contributed by atoms with E-state index in [9.17, 15) is 13.6 Å². The summed E-state index contributed by atoms with van der Waals surface area (Å²) in [7, 11) is 0. The van der Waals surface area contributed by atoms with Crippen LogP contribution in [0.3, 0.4) is 0 Å². The first-order chi connectivity index (χ1) is 15.7. The molecule has 8 nitrogen and oxygen atoms in total. The van der Waals surface area contributed by atoms with Crippen molar-refractivity contribution in [3.05, 3.63) is 64.8 Å². The number of benzene rings is 1. The first kappa shape index (κ1) is 23.7. The van der Waals surface area contributed by atoms with Crippen molar-refractivity contribution in [2.24, 2.45) is 0 Å². The number of nitrogens with zero attached hydrogens (tertiary/aromatic N) is 4. The standard InChI is InChI=1S/C15H15F2N3O.C8H10N4/c1-9(2)19-15(21)11-5-13(17)14(6-12(11)16)20-7-10(8-20)3-4-18;1-5-8(6(2)12-11-5)7-3-9-10-4-7/h3,5-6,9H,7-8H2,1-2H3,(H,19,21);3-4H,1-2H3,(H,9,10)(H,11,12). The Morgan fingerprint density at radius 1 is 1.27 bits per heavy atom. The third-order valence-corrected chi connectivity index (χ3v) is 5.01. The fraction of sp³-hybridized carbons (Fsp3) is 0.304. The molecule has 33 heavy (non-hydrogen) atoms. The smallest absolute Gasteiger partial charge is 0.254 e. The fourth-order valence-electron chi connectivity index (χ4n) is 3.45. The predicted octanol–water partition coefficient (Wildman–Crippen LogP) is 3.79. The summed E-state index contributed by atoms with van der Waals surface area (Å²) in [6.07, 6.45) is 5.06. The van der Waals surface area contributed by atoms with Gasteiger partial charge in [-0.05, 0) is 39.3 Å². The molecule has 3 N–H and O–H groups in total. The lowest BCUT2D eigenvalue weighted by atomic mass is 10.0. The maximum absolute atomic E-state index is 14.0. The zero-order chi connectivity index (χ0) is 24.1. The number of nitriles is 1. The zero-order valence-corrected chi connectivity index (χ0v) is 18.8. The van der Waals surface area contributed by atoms with Crippen LogP contribution in [0.15, 0.2) is 36.2 Å². The lowest BCUT2D eigenvalue weighted by Gasteiger charge is -2.35. The SMILES string of the molecule is CC(C)NC(=O)c1cc(F)c(N2CC(=CC#N)C2)cc1F.Cc1n[nH]c(C)c1-c1cn[nH]c1. The number of amides is 1. The van der Waals surface area contributed by atoms with E-state index in [0.717, 1.165) is 40.2 Å². The van der Waals surface area contributed by atoms with Crippen molar-refractivity contribution >= 4 is 11.6 Å². The van der Waals surface area contributed by atoms with Crippen LogP contribution in [0.4, 0.5) is 14.5 Å². The summed E-state index contributed by atoms with van der Waals surface area (Å²) in [5, 5.41) is 24.7. The van der Waals surface area contributed by atoms with Gasteiger partial charge in [-0.1, -0.05) is 0 Å². The normalized spacial score (nSPS) is 12.5. The number of carbonyl (C=O) groups excluding carboxylic acids is 1. The molecule has 0 spiro atoms. The van der Waals surface area contributed by atoms with Crippen LogP contribution in [0, 0.1) is 36.8 Å². The molecule has 10 heteroatoms. The molecule has 3 heterocycles. The van der Waals surface area contributed by atoms with Gasteiger partial charge in [0, 0.05) is 54.3 Å². The highest BCUT2D eigenvalue weighted by Gasteiger charge is 2.25. The molecule has 4 rings (SSSR count). The molecule has 1 fully saturated rings. The molecule has 1 amide bonds. The van der Waals surface area contributed by atoms with Gasteiger partial charge in [0.15, 0.2) is 0 Å². The average molecular weight is 453 g/mol. The van der Waals surface area contributed by atoms with Gasteiger partial charge in [0.25, 0.3) is 5.91 Å². The second kappa shape index (κ2) is 10.1. The minimum absolute atomic E-state index is 0.101. The van der Waals surface area contributed by atoms with E-state index in [1.165, 1.54) is 6.08 Å². The Morgan fingerprint density at radius 3 is 2.55 bits per heavy atom. The molecular formula is C23H25F2N7O. The van der Waals surface area contributed by atoms with Crippen LogP contribution in [0.25, 0.3) is 11.1 Å². The first-order valence-electron chi connectivity index (χ1n) is 10.3. The third-order valence-electron chi connectivity index (χ3n) is 5.01. The summed E-state index contributed by atoms with van der Waals surface area (Å²) >= 11 is 0. The Morgan fingerprint density at radius 2 is 2.00 bits per heavy atom. The van der Waals surface area contributed by atoms with Crippen molar-refractivity contribution < 1.29 is 13.6 Å². The highest BCUT2D eigenvalue weighted by molar-refractivity contribution is 5.95. The number of hydrogen-bond donors (Lipinski definition) is 3. The lowest BCUT2D eigenvalue weighted by molar-refractivity contribution is 0.0938. The summed E-state index contributed by atoms with van der Waals surface area (Å²) in [6.45, 7) is 8.24. The van der Waals surface area contributed by atoms with Crippen molar-refractivity contribution in [3.63, 3.8) is 0 Å². The monoisotopic (exact) mass is 453 g/mol. The van der Waals surface area contributed by atoms with E-state index in [-0.39, 0.29) is 17.3 Å². The number of hydrogen-bond acceptors (Lipinski definition) is 5. The number of rotatable bonds is 4. The molecular weight excluding hydrogens is 428 g/mol. The molecule has 1 aliphatic heterocycles. The molecule has 3 aromatic rings. The van der Waals surface area contributed by atoms with E-state index in [4.69, 9.17) is 5.26 Å². The molecule has 2 aromatic heterocycles. The van der Waals surface area contributed by atoms with Crippen molar-refractivity contribution in [2.75, 3.05) is 18.0 Å². The lowest BCUT2D eigenvalue weighted by Crippen LogP contribution is -2.40. The van der Waals surface area contributed by atoms with Crippen molar-refractivity contribution in [1.29, 1.82) is 5.26 Å². The van der Waals surface area contributed by atoms with Crippen molar-refractivity contribution in [3.8, 4) is 17.2 Å². The van der Waals surface area contributed by atoms with Crippen LogP contribution in [-0.2, 0) is 0 Å². The van der Waals surface area contributed by atoms with Crippen molar-refractivity contribution in [1.82, 2.24) is 25.7 Å². The Balaban J connectivity index is 0.000000215. The first-order valence-corrected chi connectivity index (χ1v) is 10.3. The van der Waals surface area contributed by atoms with Gasteiger partial charge >= 0.3 is 0 Å². The van der Waals surface area contributed by atoms with E-state index in [2.05, 4.69) is 25.7 Å². The third kappa shape index (κ3) is 5.44. The van der Waals surface area contributed by atoms with E-state index in [1.807, 2.05) is 26.1 Å². The van der Waals surface area contributed by atoms with E-state index in [1.54, 1.807) is 24.9 Å². The number of nitrogens with one attached hydrogen (secondary N) is 3. The summed E-state index contributed by atoms with van der Waals surface area (Å²) in [5.41, 5.74) is 4.96. The minimum Gasteiger partial charge on any atom is -0.361 e. The quantitative estimate of drug-likeness (QED) is 0.520. The van der Waals surface area contributed by atoms with Gasteiger partial charge in [-0.3, -0.25) is 15.0 Å². The Bertz CT molecular complexity index is 1180. The number of anilines is 1. The zero-order valence-electron chi connectivity index (χ0n) is 18.8. The number of aromatic nitrogens is 4. The largest absolute Gasteiger partial charge is 0.361 e. The molecule has 1 aromatic carbocycles. The molecule has 1 aliphatic rings. The molecule has 0 atom stereocenters. The summed E-state index contributed by atoms with van der Waals surface area (Å²) < 4.78 is 28.0. The second-order valence-corrected chi connectivity index (χ2v) is 8.00. The highest BCUT2D eigenvalue weighted by Crippen LogP contribution is 2.29. The molecule has 1 saturated heterocycles. The van der Waals surface area contributed by atoms with Crippen molar-refractivity contribution in [2.45, 2.75) is 33.7 Å². The van der Waals surface area contributed by atoms with E-state index < -0.39 is 17.5 Å². The van der Waals surface area contributed by atoms with Crippen LogP contribution in [0.1, 0.15) is 35.6 Å². The molecule has 0 radical (unpaired) electrons. The molecule has 0 bridgehead atoms. The van der Waals surface area contributed by atoms with Gasteiger partial charge in [0.1, 0.15) is 11.6 Å². The van der Waals surface area contributed by atoms with Crippen LogP contribution in [-0.4, -0.2) is 45.4 Å². The van der Waals surface area contributed by atoms with Gasteiger partial charge in [-0.25, -0.2) is 8.78 Å². The summed E-state index contributed by atoms with van der Waals surface area (Å²) in [5.74, 6) is -2.05. The molecule has 0 aliphatic carbocycles. The predicted molar refractivity (Wildman–Crippen MR) is 121 cm³/mol. The number of aryl methyl sites for hydroxylation is 2. The molecule has 172 valence electrons. The van der Waals surface area contributed by atoms with Gasteiger partial charge in [-0.2, -0.15) is 15.5 Å². The second-order valence-electron chi connectivity index (χ2n) is 8.00. The van der Waals surface area contributed by atoms with Crippen LogP contribution in [0.2, 0.25) is 0 Å². The Kier molecular flexibility index (Phi) is 7.23. The van der Waals surface area contributed by atoms with Crippen LogP contribution < -0.4 is 10.2 Å².